The van der Waals surface area contributed by atoms with Gasteiger partial charge in [0, 0.05) is 30.4 Å². The highest BCUT2D eigenvalue weighted by molar-refractivity contribution is 6.30. The smallest absolute Gasteiger partial charge is 0.142 e. The Bertz CT molecular complexity index is 626. The molecule has 3 nitrogen and oxygen atoms in total. The Morgan fingerprint density at radius 3 is 2.57 bits per heavy atom. The van der Waals surface area contributed by atoms with Gasteiger partial charge in [-0.1, -0.05) is 11.6 Å². The van der Waals surface area contributed by atoms with Crippen LogP contribution in [0.5, 0.6) is 11.5 Å². The highest BCUT2D eigenvalue weighted by Crippen LogP contribution is 2.26. The number of hydrogen-bond donors (Lipinski definition) is 1. The lowest BCUT2D eigenvalue weighted by molar-refractivity contribution is 0.419. The van der Waals surface area contributed by atoms with Crippen molar-refractivity contribution in [1.29, 1.82) is 0 Å². The Balaban J connectivity index is 2.08. The van der Waals surface area contributed by atoms with E-state index in [0.717, 1.165) is 5.69 Å². The third-order valence-corrected chi connectivity index (χ3v) is 3.00. The van der Waals surface area contributed by atoms with E-state index in [4.69, 9.17) is 16.3 Å². The van der Waals surface area contributed by atoms with Crippen LogP contribution in [0.25, 0.3) is 0 Å². The molecule has 0 saturated carbocycles. The van der Waals surface area contributed by atoms with E-state index >= 15 is 0 Å². The molecule has 21 heavy (non-hydrogen) atoms. The molecule has 0 bridgehead atoms. The number of benzene rings is 1. The highest BCUT2D eigenvalue weighted by atomic mass is 35.5. The van der Waals surface area contributed by atoms with Crippen molar-refractivity contribution in [3.8, 4) is 11.5 Å². The first kappa shape index (κ1) is 15.7. The van der Waals surface area contributed by atoms with Crippen LogP contribution < -0.4 is 10.1 Å². The first-order chi connectivity index (χ1) is 9.83. The van der Waals surface area contributed by atoms with Gasteiger partial charge >= 0.3 is 0 Å². The summed E-state index contributed by atoms with van der Waals surface area (Å²) < 4.78 is 18.8. The molecule has 0 aliphatic rings. The minimum atomic E-state index is -0.464. The van der Waals surface area contributed by atoms with Gasteiger partial charge in [-0.25, -0.2) is 4.39 Å². The maximum absolute atomic E-state index is 13.1. The number of pyridine rings is 1. The van der Waals surface area contributed by atoms with E-state index < -0.39 is 5.82 Å². The molecule has 1 aromatic carbocycles. The van der Waals surface area contributed by atoms with Gasteiger partial charge in [0.25, 0.3) is 0 Å². The van der Waals surface area contributed by atoms with Gasteiger partial charge in [0.1, 0.15) is 17.3 Å². The van der Waals surface area contributed by atoms with E-state index in [9.17, 15) is 4.39 Å². The van der Waals surface area contributed by atoms with Crippen LogP contribution in [0.1, 0.15) is 26.5 Å². The SMILES string of the molecule is CC(C)(C)NCc1cc(Oc2ccc(F)c(Cl)c2)ccn1. The largest absolute Gasteiger partial charge is 0.457 e. The maximum Gasteiger partial charge on any atom is 0.142 e. The summed E-state index contributed by atoms with van der Waals surface area (Å²) in [5.74, 6) is 0.662. The number of ether oxygens (including phenoxy) is 1. The normalized spacial score (nSPS) is 11.5. The molecule has 112 valence electrons. The van der Waals surface area contributed by atoms with E-state index in [2.05, 4.69) is 31.1 Å². The van der Waals surface area contributed by atoms with Gasteiger partial charge in [0.2, 0.25) is 0 Å². The number of nitrogens with one attached hydrogen (secondary N) is 1. The fraction of sp³-hybridized carbons (Fsp3) is 0.312. The van der Waals surface area contributed by atoms with Crippen LogP contribution >= 0.6 is 11.6 Å². The lowest BCUT2D eigenvalue weighted by atomic mass is 10.1. The van der Waals surface area contributed by atoms with Crippen LogP contribution in [0.2, 0.25) is 5.02 Å². The molecule has 0 fully saturated rings. The summed E-state index contributed by atoms with van der Waals surface area (Å²) in [6.45, 7) is 6.92. The van der Waals surface area contributed by atoms with E-state index in [1.807, 2.05) is 6.07 Å². The Kier molecular flexibility index (Phi) is 4.80. The van der Waals surface area contributed by atoms with Crippen LogP contribution in [0, 0.1) is 5.82 Å². The molecule has 0 atom stereocenters. The minimum Gasteiger partial charge on any atom is -0.457 e. The Labute approximate surface area is 129 Å². The van der Waals surface area contributed by atoms with Gasteiger partial charge in [-0.15, -0.1) is 0 Å². The molecule has 0 radical (unpaired) electrons. The Hall–Kier alpha value is -1.65. The monoisotopic (exact) mass is 308 g/mol. The van der Waals surface area contributed by atoms with Crippen LogP contribution in [-0.4, -0.2) is 10.5 Å². The van der Waals surface area contributed by atoms with Gasteiger partial charge in [-0.05, 0) is 39.0 Å². The summed E-state index contributed by atoms with van der Waals surface area (Å²) >= 11 is 5.73. The molecule has 0 aliphatic carbocycles. The molecule has 1 heterocycles. The second-order valence-corrected chi connectivity index (χ2v) is 6.17. The maximum atomic E-state index is 13.1. The van der Waals surface area contributed by atoms with Gasteiger partial charge in [0.15, 0.2) is 0 Å². The molecule has 5 heteroatoms. The van der Waals surface area contributed by atoms with Crippen molar-refractivity contribution < 1.29 is 9.13 Å². The molecule has 0 spiro atoms. The number of halogens is 2. The predicted octanol–water partition coefficient (Wildman–Crippen LogP) is 4.55. The van der Waals surface area contributed by atoms with Crippen molar-refractivity contribution >= 4 is 11.6 Å². The molecule has 1 N–H and O–H groups in total. The molecule has 0 unspecified atom stereocenters. The standard InChI is InChI=1S/C16H18ClFN2O/c1-16(2,3)20-10-11-8-13(6-7-19-11)21-12-4-5-15(18)14(17)9-12/h4-9,20H,10H2,1-3H3. The van der Waals surface area contributed by atoms with Crippen molar-refractivity contribution in [1.82, 2.24) is 10.3 Å². The third kappa shape index (κ3) is 4.99. The van der Waals surface area contributed by atoms with E-state index in [-0.39, 0.29) is 10.6 Å². The second-order valence-electron chi connectivity index (χ2n) is 5.76. The van der Waals surface area contributed by atoms with Gasteiger partial charge in [0.05, 0.1) is 10.7 Å². The average Bonchev–Trinajstić information content (AvgIpc) is 2.40. The predicted molar refractivity (Wildman–Crippen MR) is 82.3 cm³/mol. The van der Waals surface area contributed by atoms with Crippen molar-refractivity contribution in [2.75, 3.05) is 0 Å². The lowest BCUT2D eigenvalue weighted by Gasteiger charge is -2.20. The van der Waals surface area contributed by atoms with Gasteiger partial charge < -0.3 is 10.1 Å². The minimum absolute atomic E-state index is 0.0169. The van der Waals surface area contributed by atoms with Crippen LogP contribution in [0.15, 0.2) is 36.5 Å². The first-order valence-electron chi connectivity index (χ1n) is 6.66. The summed E-state index contributed by atoms with van der Waals surface area (Å²) in [6, 6.07) is 7.86. The first-order valence-corrected chi connectivity index (χ1v) is 7.04. The summed E-state index contributed by atoms with van der Waals surface area (Å²) in [7, 11) is 0. The number of rotatable bonds is 4. The molecule has 2 aromatic rings. The van der Waals surface area contributed by atoms with Crippen LogP contribution in [0.4, 0.5) is 4.39 Å². The molecular formula is C16H18ClFN2O. The van der Waals surface area contributed by atoms with E-state index in [0.29, 0.717) is 18.0 Å². The Morgan fingerprint density at radius 2 is 1.90 bits per heavy atom. The summed E-state index contributed by atoms with van der Waals surface area (Å²) in [6.07, 6.45) is 1.68. The molecule has 0 aliphatic heterocycles. The van der Waals surface area contributed by atoms with Crippen molar-refractivity contribution in [2.45, 2.75) is 32.9 Å². The number of nitrogens with zero attached hydrogens (tertiary/aromatic N) is 1. The van der Waals surface area contributed by atoms with E-state index in [1.165, 1.54) is 18.2 Å². The van der Waals surface area contributed by atoms with Crippen LogP contribution in [-0.2, 0) is 6.54 Å². The van der Waals surface area contributed by atoms with Crippen LogP contribution in [0.3, 0.4) is 0 Å². The molecular weight excluding hydrogens is 291 g/mol. The molecule has 1 aromatic heterocycles. The van der Waals surface area contributed by atoms with Crippen molar-refractivity contribution in [2.24, 2.45) is 0 Å². The zero-order valence-corrected chi connectivity index (χ0v) is 13.0. The van der Waals surface area contributed by atoms with Crippen molar-refractivity contribution in [3.63, 3.8) is 0 Å². The second kappa shape index (κ2) is 6.41. The molecule has 0 saturated heterocycles. The summed E-state index contributed by atoms with van der Waals surface area (Å²) in [5, 5.41) is 3.40. The fourth-order valence-corrected chi connectivity index (χ4v) is 1.82. The van der Waals surface area contributed by atoms with E-state index in [1.54, 1.807) is 12.3 Å². The van der Waals surface area contributed by atoms with Crippen molar-refractivity contribution in [3.05, 3.63) is 53.1 Å². The van der Waals surface area contributed by atoms with Gasteiger partial charge in [-0.3, -0.25) is 4.98 Å². The fourth-order valence-electron chi connectivity index (χ4n) is 1.65. The zero-order chi connectivity index (χ0) is 15.5. The lowest BCUT2D eigenvalue weighted by Crippen LogP contribution is -2.35. The Morgan fingerprint density at radius 1 is 1.19 bits per heavy atom. The number of hydrogen-bond acceptors (Lipinski definition) is 3. The highest BCUT2D eigenvalue weighted by Gasteiger charge is 2.09. The zero-order valence-electron chi connectivity index (χ0n) is 12.3. The van der Waals surface area contributed by atoms with Gasteiger partial charge in [-0.2, -0.15) is 0 Å². The molecule has 0 amide bonds. The quantitative estimate of drug-likeness (QED) is 0.899. The third-order valence-electron chi connectivity index (χ3n) is 2.71. The summed E-state index contributed by atoms with van der Waals surface area (Å²) in [5.41, 5.74) is 0.888. The molecule has 2 rings (SSSR count). The summed E-state index contributed by atoms with van der Waals surface area (Å²) in [4.78, 5) is 4.29. The average molecular weight is 309 g/mol. The number of aromatic nitrogens is 1. The topological polar surface area (TPSA) is 34.1 Å².